The highest BCUT2D eigenvalue weighted by atomic mass is 32.1. The molecule has 2 rings (SSSR count). The fourth-order valence-corrected chi connectivity index (χ4v) is 3.23. The summed E-state index contributed by atoms with van der Waals surface area (Å²) in [5, 5.41) is 14.7. The van der Waals surface area contributed by atoms with Gasteiger partial charge in [-0.1, -0.05) is 19.8 Å². The summed E-state index contributed by atoms with van der Waals surface area (Å²) in [6.07, 6.45) is 4.34. The second-order valence-electron chi connectivity index (χ2n) is 4.56. The lowest BCUT2D eigenvalue weighted by molar-refractivity contribution is 0.0719. The second-order valence-corrected chi connectivity index (χ2v) is 5.48. The van der Waals surface area contributed by atoms with Crippen molar-refractivity contribution in [1.29, 1.82) is 0 Å². The summed E-state index contributed by atoms with van der Waals surface area (Å²) in [5.74, 6) is -0.0252. The van der Waals surface area contributed by atoms with Crippen LogP contribution in [0.1, 0.15) is 47.8 Å². The lowest BCUT2D eigenvalue weighted by Crippen LogP contribution is -2.45. The third-order valence-electron chi connectivity index (χ3n) is 3.38. The Morgan fingerprint density at radius 1 is 1.53 bits per heavy atom. The fourth-order valence-electron chi connectivity index (χ4n) is 2.33. The van der Waals surface area contributed by atoms with Crippen LogP contribution in [0.25, 0.3) is 0 Å². The van der Waals surface area contributed by atoms with Crippen molar-refractivity contribution >= 4 is 17.2 Å². The van der Waals surface area contributed by atoms with Gasteiger partial charge in [0.1, 0.15) is 0 Å². The van der Waals surface area contributed by atoms with Gasteiger partial charge in [0.05, 0.1) is 17.0 Å². The Kier molecular flexibility index (Phi) is 4.18. The average molecular weight is 253 g/mol. The standard InChI is InChI=1S/C13H19NO2S/c1-2-9-7-8-17-12(9)13(16)14-10-5-3-4-6-11(10)15/h7-8,10-11,15H,2-6H2,1H3,(H,14,16)/t10-,11-/m1/s1. The molecule has 0 radical (unpaired) electrons. The Labute approximate surface area is 106 Å². The molecule has 0 unspecified atom stereocenters. The van der Waals surface area contributed by atoms with Gasteiger partial charge in [-0.25, -0.2) is 0 Å². The minimum atomic E-state index is -0.377. The van der Waals surface area contributed by atoms with E-state index in [4.69, 9.17) is 0 Å². The van der Waals surface area contributed by atoms with Gasteiger partial charge in [0.15, 0.2) is 0 Å². The van der Waals surface area contributed by atoms with Crippen LogP contribution >= 0.6 is 11.3 Å². The number of thiophene rings is 1. The lowest BCUT2D eigenvalue weighted by atomic mass is 9.92. The number of aliphatic hydroxyl groups is 1. The molecular weight excluding hydrogens is 234 g/mol. The van der Waals surface area contributed by atoms with Gasteiger partial charge in [0.2, 0.25) is 0 Å². The van der Waals surface area contributed by atoms with Gasteiger partial charge in [-0.2, -0.15) is 0 Å². The van der Waals surface area contributed by atoms with E-state index < -0.39 is 0 Å². The first kappa shape index (κ1) is 12.6. The van der Waals surface area contributed by atoms with Crippen molar-refractivity contribution in [2.45, 2.75) is 51.2 Å². The molecule has 0 aliphatic heterocycles. The molecule has 1 aromatic rings. The number of rotatable bonds is 3. The summed E-state index contributed by atoms with van der Waals surface area (Å²) in [6.45, 7) is 2.05. The first-order valence-corrected chi connectivity index (χ1v) is 7.15. The third-order valence-corrected chi connectivity index (χ3v) is 4.34. The predicted octanol–water partition coefficient (Wildman–Crippen LogP) is 2.34. The van der Waals surface area contributed by atoms with Crippen LogP contribution in [0, 0.1) is 0 Å². The van der Waals surface area contributed by atoms with E-state index in [2.05, 4.69) is 5.32 Å². The van der Waals surface area contributed by atoms with Gasteiger partial charge >= 0.3 is 0 Å². The summed E-state index contributed by atoms with van der Waals surface area (Å²) in [6, 6.07) is 1.93. The highest BCUT2D eigenvalue weighted by Crippen LogP contribution is 2.21. The first-order valence-electron chi connectivity index (χ1n) is 6.27. The van der Waals surface area contributed by atoms with E-state index in [1.54, 1.807) is 0 Å². The Hall–Kier alpha value is -0.870. The average Bonchev–Trinajstić information content (AvgIpc) is 2.80. The van der Waals surface area contributed by atoms with Crippen molar-refractivity contribution in [3.8, 4) is 0 Å². The van der Waals surface area contributed by atoms with Crippen molar-refractivity contribution in [2.24, 2.45) is 0 Å². The van der Waals surface area contributed by atoms with E-state index in [0.717, 1.165) is 42.5 Å². The molecule has 0 aromatic carbocycles. The largest absolute Gasteiger partial charge is 0.391 e. The van der Waals surface area contributed by atoms with Crippen LogP contribution in [0.3, 0.4) is 0 Å². The molecule has 1 fully saturated rings. The van der Waals surface area contributed by atoms with E-state index in [9.17, 15) is 9.90 Å². The van der Waals surface area contributed by atoms with Gasteiger partial charge in [-0.15, -0.1) is 11.3 Å². The van der Waals surface area contributed by atoms with Gasteiger partial charge < -0.3 is 10.4 Å². The van der Waals surface area contributed by atoms with Gasteiger partial charge in [-0.3, -0.25) is 4.79 Å². The Morgan fingerprint density at radius 2 is 2.29 bits per heavy atom. The molecule has 1 heterocycles. The quantitative estimate of drug-likeness (QED) is 0.868. The first-order chi connectivity index (χ1) is 8.22. The number of aliphatic hydroxyl groups excluding tert-OH is 1. The zero-order valence-electron chi connectivity index (χ0n) is 10.1. The number of hydrogen-bond donors (Lipinski definition) is 2. The number of amides is 1. The maximum atomic E-state index is 12.1. The van der Waals surface area contributed by atoms with E-state index in [-0.39, 0.29) is 18.1 Å². The molecule has 1 aromatic heterocycles. The van der Waals surface area contributed by atoms with Crippen LogP contribution in [0.5, 0.6) is 0 Å². The molecular formula is C13H19NO2S. The fraction of sp³-hybridized carbons (Fsp3) is 0.615. The van der Waals surface area contributed by atoms with Crippen molar-refractivity contribution < 1.29 is 9.90 Å². The van der Waals surface area contributed by atoms with Crippen LogP contribution in [0.15, 0.2) is 11.4 Å². The molecule has 1 amide bonds. The van der Waals surface area contributed by atoms with E-state index >= 15 is 0 Å². The molecule has 0 spiro atoms. The van der Waals surface area contributed by atoms with Crippen LogP contribution < -0.4 is 5.32 Å². The van der Waals surface area contributed by atoms with Crippen LogP contribution in [0.4, 0.5) is 0 Å². The number of carbonyl (C=O) groups excluding carboxylic acids is 1. The number of carbonyl (C=O) groups is 1. The van der Waals surface area contributed by atoms with Crippen molar-refractivity contribution in [3.63, 3.8) is 0 Å². The molecule has 2 N–H and O–H groups in total. The summed E-state index contributed by atoms with van der Waals surface area (Å²) < 4.78 is 0. The molecule has 2 atom stereocenters. The molecule has 3 nitrogen and oxygen atoms in total. The Balaban J connectivity index is 2.01. The molecule has 4 heteroatoms. The normalized spacial score (nSPS) is 24.6. The zero-order chi connectivity index (χ0) is 12.3. The summed E-state index contributed by atoms with van der Waals surface area (Å²) in [4.78, 5) is 12.9. The summed E-state index contributed by atoms with van der Waals surface area (Å²) >= 11 is 1.48. The molecule has 94 valence electrons. The zero-order valence-corrected chi connectivity index (χ0v) is 10.9. The lowest BCUT2D eigenvalue weighted by Gasteiger charge is -2.28. The van der Waals surface area contributed by atoms with Gasteiger partial charge in [-0.05, 0) is 36.3 Å². The molecule has 1 aliphatic carbocycles. The smallest absolute Gasteiger partial charge is 0.261 e. The highest BCUT2D eigenvalue weighted by Gasteiger charge is 2.25. The third kappa shape index (κ3) is 2.87. The second kappa shape index (κ2) is 5.65. The maximum Gasteiger partial charge on any atom is 0.261 e. The van der Waals surface area contributed by atoms with Crippen LogP contribution in [-0.4, -0.2) is 23.2 Å². The monoisotopic (exact) mass is 253 g/mol. The van der Waals surface area contributed by atoms with E-state index in [0.29, 0.717) is 0 Å². The van der Waals surface area contributed by atoms with Crippen molar-refractivity contribution in [2.75, 3.05) is 0 Å². The SMILES string of the molecule is CCc1ccsc1C(=O)N[C@@H]1CCCC[C@H]1O. The predicted molar refractivity (Wildman–Crippen MR) is 69.4 cm³/mol. The Morgan fingerprint density at radius 3 is 3.00 bits per heavy atom. The van der Waals surface area contributed by atoms with Gasteiger partial charge in [0, 0.05) is 0 Å². The van der Waals surface area contributed by atoms with E-state index in [1.807, 2.05) is 18.4 Å². The van der Waals surface area contributed by atoms with Crippen molar-refractivity contribution in [3.05, 3.63) is 21.9 Å². The Bertz CT molecular complexity index is 389. The van der Waals surface area contributed by atoms with E-state index in [1.165, 1.54) is 11.3 Å². The van der Waals surface area contributed by atoms with Gasteiger partial charge in [0.25, 0.3) is 5.91 Å². The number of aryl methyl sites for hydroxylation is 1. The number of nitrogens with one attached hydrogen (secondary N) is 1. The number of hydrogen-bond acceptors (Lipinski definition) is 3. The summed E-state index contributed by atoms with van der Waals surface area (Å²) in [5.41, 5.74) is 1.10. The maximum absolute atomic E-state index is 12.1. The molecule has 17 heavy (non-hydrogen) atoms. The summed E-state index contributed by atoms with van der Waals surface area (Å²) in [7, 11) is 0. The topological polar surface area (TPSA) is 49.3 Å². The molecule has 0 bridgehead atoms. The molecule has 1 saturated carbocycles. The van der Waals surface area contributed by atoms with Crippen LogP contribution in [0.2, 0.25) is 0 Å². The van der Waals surface area contributed by atoms with Crippen molar-refractivity contribution in [1.82, 2.24) is 5.32 Å². The van der Waals surface area contributed by atoms with Crippen LogP contribution in [-0.2, 0) is 6.42 Å². The molecule has 1 aliphatic rings. The minimum absolute atomic E-state index is 0.0252. The highest BCUT2D eigenvalue weighted by molar-refractivity contribution is 7.12. The molecule has 0 saturated heterocycles. The minimum Gasteiger partial charge on any atom is -0.391 e.